The van der Waals surface area contributed by atoms with Crippen LogP contribution in [0.2, 0.25) is 0 Å². The van der Waals surface area contributed by atoms with Crippen molar-refractivity contribution >= 4 is 6.09 Å². The van der Waals surface area contributed by atoms with E-state index in [-0.39, 0.29) is 6.09 Å². The van der Waals surface area contributed by atoms with Crippen molar-refractivity contribution in [1.29, 1.82) is 0 Å². The van der Waals surface area contributed by atoms with Gasteiger partial charge in [0.05, 0.1) is 0 Å². The minimum absolute atomic E-state index is 0.190. The second-order valence-corrected chi connectivity index (χ2v) is 8.04. The fraction of sp³-hybridized carbons (Fsp3) is 0.650. The molecule has 1 fully saturated rings. The molecule has 1 N–H and O–H groups in total. The van der Waals surface area contributed by atoms with Crippen LogP contribution in [0.1, 0.15) is 59.1 Å². The number of amides is 1. The summed E-state index contributed by atoms with van der Waals surface area (Å²) < 4.78 is 5.47. The van der Waals surface area contributed by atoms with E-state index in [1.165, 1.54) is 5.56 Å². The van der Waals surface area contributed by atoms with Crippen LogP contribution in [0.5, 0.6) is 0 Å². The Bertz CT molecular complexity index is 514. The molecule has 1 atom stereocenters. The molecule has 134 valence electrons. The van der Waals surface area contributed by atoms with Gasteiger partial charge in [-0.2, -0.15) is 0 Å². The predicted molar refractivity (Wildman–Crippen MR) is 98.0 cm³/mol. The minimum atomic E-state index is -0.428. The molecule has 24 heavy (non-hydrogen) atoms. The molecule has 0 saturated carbocycles. The van der Waals surface area contributed by atoms with E-state index in [2.05, 4.69) is 49.5 Å². The van der Waals surface area contributed by atoms with Crippen LogP contribution in [0.3, 0.4) is 0 Å². The maximum Gasteiger partial charge on any atom is 0.410 e. The van der Waals surface area contributed by atoms with Crippen molar-refractivity contribution in [2.24, 2.45) is 5.92 Å². The molecule has 1 aromatic rings. The Kier molecular flexibility index (Phi) is 6.27. The molecule has 0 radical (unpaired) electrons. The summed E-state index contributed by atoms with van der Waals surface area (Å²) in [5.41, 5.74) is 0.907. The lowest BCUT2D eigenvalue weighted by Gasteiger charge is -2.36. The molecule has 4 heteroatoms. The van der Waals surface area contributed by atoms with Crippen LogP contribution in [0, 0.1) is 5.92 Å². The molecule has 1 unspecified atom stereocenters. The van der Waals surface area contributed by atoms with E-state index in [0.717, 1.165) is 25.9 Å². The van der Waals surface area contributed by atoms with Gasteiger partial charge < -0.3 is 15.0 Å². The predicted octanol–water partition coefficient (Wildman–Crippen LogP) is 4.37. The first-order valence-corrected chi connectivity index (χ1v) is 9.05. The number of nitrogens with one attached hydrogen (secondary N) is 1. The van der Waals surface area contributed by atoms with Crippen LogP contribution >= 0.6 is 0 Å². The molecular formula is C20H32N2O2. The fourth-order valence-electron chi connectivity index (χ4n) is 3.14. The summed E-state index contributed by atoms with van der Waals surface area (Å²) in [7, 11) is 0. The van der Waals surface area contributed by atoms with E-state index in [1.807, 2.05) is 25.7 Å². The highest BCUT2D eigenvalue weighted by molar-refractivity contribution is 5.68. The van der Waals surface area contributed by atoms with Crippen molar-refractivity contribution in [2.45, 2.75) is 65.1 Å². The van der Waals surface area contributed by atoms with Crippen molar-refractivity contribution in [3.05, 3.63) is 35.9 Å². The standard InChI is InChI=1S/C20H32N2O2/c1-15(2)18(16-9-7-6-8-10-16)21-17-11-13-22(14-12-17)19(23)24-20(3,4)5/h6-10,15,17-18,21H,11-14H2,1-5H3. The Morgan fingerprint density at radius 1 is 1.17 bits per heavy atom. The molecule has 1 heterocycles. The van der Waals surface area contributed by atoms with Crippen LogP contribution in [-0.4, -0.2) is 35.7 Å². The van der Waals surface area contributed by atoms with Crippen molar-refractivity contribution in [3.8, 4) is 0 Å². The smallest absolute Gasteiger partial charge is 0.410 e. The monoisotopic (exact) mass is 332 g/mol. The maximum atomic E-state index is 12.2. The molecule has 1 aliphatic rings. The second-order valence-electron chi connectivity index (χ2n) is 8.04. The van der Waals surface area contributed by atoms with Gasteiger partial charge in [-0.1, -0.05) is 44.2 Å². The van der Waals surface area contributed by atoms with Crippen molar-refractivity contribution in [3.63, 3.8) is 0 Å². The van der Waals surface area contributed by atoms with E-state index >= 15 is 0 Å². The van der Waals surface area contributed by atoms with Gasteiger partial charge in [0.1, 0.15) is 5.60 Å². The van der Waals surface area contributed by atoms with Gasteiger partial charge in [0.15, 0.2) is 0 Å². The van der Waals surface area contributed by atoms with Gasteiger partial charge in [-0.05, 0) is 45.1 Å². The Balaban J connectivity index is 1.88. The summed E-state index contributed by atoms with van der Waals surface area (Å²) in [4.78, 5) is 14.0. The number of piperidine rings is 1. The van der Waals surface area contributed by atoms with Crippen molar-refractivity contribution < 1.29 is 9.53 Å². The lowest BCUT2D eigenvalue weighted by molar-refractivity contribution is 0.0194. The van der Waals surface area contributed by atoms with Crippen LogP contribution < -0.4 is 5.32 Å². The quantitative estimate of drug-likeness (QED) is 0.890. The minimum Gasteiger partial charge on any atom is -0.444 e. The summed E-state index contributed by atoms with van der Waals surface area (Å²) in [6.07, 6.45) is 1.74. The number of nitrogens with zero attached hydrogens (tertiary/aromatic N) is 1. The van der Waals surface area contributed by atoms with E-state index in [4.69, 9.17) is 4.74 Å². The number of hydrogen-bond donors (Lipinski definition) is 1. The molecule has 2 rings (SSSR count). The highest BCUT2D eigenvalue weighted by Gasteiger charge is 2.28. The first-order valence-electron chi connectivity index (χ1n) is 9.05. The van der Waals surface area contributed by atoms with Gasteiger partial charge in [-0.25, -0.2) is 4.79 Å². The number of ether oxygens (including phenoxy) is 1. The molecule has 0 aromatic heterocycles. The van der Waals surface area contributed by atoms with Gasteiger partial charge in [0.25, 0.3) is 0 Å². The Morgan fingerprint density at radius 2 is 1.75 bits per heavy atom. The third kappa shape index (κ3) is 5.52. The van der Waals surface area contributed by atoms with Gasteiger partial charge >= 0.3 is 6.09 Å². The highest BCUT2D eigenvalue weighted by atomic mass is 16.6. The third-order valence-electron chi connectivity index (χ3n) is 4.39. The molecule has 4 nitrogen and oxygen atoms in total. The van der Waals surface area contributed by atoms with E-state index in [9.17, 15) is 4.79 Å². The zero-order valence-electron chi connectivity index (χ0n) is 15.7. The number of rotatable bonds is 4. The van der Waals surface area contributed by atoms with E-state index < -0.39 is 5.60 Å². The Hall–Kier alpha value is -1.55. The number of benzene rings is 1. The van der Waals surface area contributed by atoms with Gasteiger partial charge in [-0.15, -0.1) is 0 Å². The Morgan fingerprint density at radius 3 is 2.25 bits per heavy atom. The number of hydrogen-bond acceptors (Lipinski definition) is 3. The van der Waals surface area contributed by atoms with Gasteiger partial charge in [0.2, 0.25) is 0 Å². The molecule has 0 spiro atoms. The first kappa shape index (κ1) is 18.8. The summed E-state index contributed by atoms with van der Waals surface area (Å²) in [6.45, 7) is 11.7. The molecule has 0 aliphatic carbocycles. The maximum absolute atomic E-state index is 12.2. The van der Waals surface area contributed by atoms with Crippen molar-refractivity contribution in [2.75, 3.05) is 13.1 Å². The molecular weight excluding hydrogens is 300 g/mol. The first-order chi connectivity index (χ1) is 11.3. The summed E-state index contributed by atoms with van der Waals surface area (Å²) in [5.74, 6) is 0.524. The van der Waals surface area contributed by atoms with Crippen molar-refractivity contribution in [1.82, 2.24) is 10.2 Å². The lowest BCUT2D eigenvalue weighted by Crippen LogP contribution is -2.47. The summed E-state index contributed by atoms with van der Waals surface area (Å²) in [6, 6.07) is 11.4. The van der Waals surface area contributed by atoms with Crippen LogP contribution in [-0.2, 0) is 4.74 Å². The van der Waals surface area contributed by atoms with Crippen LogP contribution in [0.25, 0.3) is 0 Å². The van der Waals surface area contributed by atoms with Gasteiger partial charge in [-0.3, -0.25) is 0 Å². The Labute approximate surface area is 146 Å². The number of carbonyl (C=O) groups is 1. The molecule has 1 aromatic carbocycles. The van der Waals surface area contributed by atoms with Gasteiger partial charge in [0, 0.05) is 25.2 Å². The largest absolute Gasteiger partial charge is 0.444 e. The second kappa shape index (κ2) is 8.02. The lowest BCUT2D eigenvalue weighted by atomic mass is 9.93. The normalized spacial score (nSPS) is 17.8. The topological polar surface area (TPSA) is 41.6 Å². The zero-order chi connectivity index (χ0) is 17.7. The summed E-state index contributed by atoms with van der Waals surface area (Å²) >= 11 is 0. The number of carbonyl (C=O) groups excluding carboxylic acids is 1. The average Bonchev–Trinajstić information content (AvgIpc) is 2.52. The van der Waals surface area contributed by atoms with E-state index in [0.29, 0.717) is 18.0 Å². The summed E-state index contributed by atoms with van der Waals surface area (Å²) in [5, 5.41) is 3.80. The molecule has 1 saturated heterocycles. The average molecular weight is 332 g/mol. The molecule has 1 aliphatic heterocycles. The van der Waals surface area contributed by atoms with E-state index in [1.54, 1.807) is 0 Å². The third-order valence-corrected chi connectivity index (χ3v) is 4.39. The zero-order valence-corrected chi connectivity index (χ0v) is 15.7. The highest BCUT2D eigenvalue weighted by Crippen LogP contribution is 2.24. The fourth-order valence-corrected chi connectivity index (χ4v) is 3.14. The van der Waals surface area contributed by atoms with Crippen LogP contribution in [0.4, 0.5) is 4.79 Å². The number of likely N-dealkylation sites (tertiary alicyclic amines) is 1. The van der Waals surface area contributed by atoms with Crippen LogP contribution in [0.15, 0.2) is 30.3 Å². The molecule has 1 amide bonds. The SMILES string of the molecule is CC(C)C(NC1CCN(C(=O)OC(C)(C)C)CC1)c1ccccc1. The molecule has 0 bridgehead atoms.